The third kappa shape index (κ3) is 7.08. The van der Waals surface area contributed by atoms with Crippen LogP contribution >= 0.6 is 0 Å². The molecule has 3 aromatic carbocycles. The van der Waals surface area contributed by atoms with Gasteiger partial charge >= 0.3 is 0 Å². The fraction of sp³-hybridized carbons (Fsp3) is 0.333. The van der Waals surface area contributed by atoms with E-state index in [4.69, 9.17) is 4.74 Å². The van der Waals surface area contributed by atoms with E-state index in [9.17, 15) is 9.90 Å². The molecule has 1 amide bonds. The molecule has 39 heavy (non-hydrogen) atoms. The first-order valence-electron chi connectivity index (χ1n) is 13.4. The highest BCUT2D eigenvalue weighted by atomic mass is 16.5. The summed E-state index contributed by atoms with van der Waals surface area (Å²) in [6.07, 6.45) is 4.36. The third-order valence-electron chi connectivity index (χ3n) is 6.75. The zero-order chi connectivity index (χ0) is 28.2. The highest BCUT2D eigenvalue weighted by molar-refractivity contribution is 5.99. The summed E-state index contributed by atoms with van der Waals surface area (Å²) in [7, 11) is 0. The van der Waals surface area contributed by atoms with Gasteiger partial charge in [-0.3, -0.25) is 4.79 Å². The number of hydrogen-bond donors (Lipinski definition) is 3. The quantitative estimate of drug-likeness (QED) is 0.169. The molecule has 0 saturated carbocycles. The van der Waals surface area contributed by atoms with Crippen molar-refractivity contribution in [1.29, 1.82) is 0 Å². The van der Waals surface area contributed by atoms with E-state index in [-0.39, 0.29) is 16.7 Å². The van der Waals surface area contributed by atoms with Crippen LogP contribution in [0.1, 0.15) is 75.8 Å². The lowest BCUT2D eigenvalue weighted by Crippen LogP contribution is -2.20. The van der Waals surface area contributed by atoms with Crippen LogP contribution in [0.5, 0.6) is 11.5 Å². The van der Waals surface area contributed by atoms with Crippen LogP contribution in [0.2, 0.25) is 0 Å². The Morgan fingerprint density at radius 2 is 1.62 bits per heavy atom. The smallest absolute Gasteiger partial charge is 0.240 e. The van der Waals surface area contributed by atoms with Crippen LogP contribution in [0.3, 0.4) is 0 Å². The number of amides is 1. The number of phenolic OH excluding ortho intramolecular Hbond substituents is 1. The number of H-pyrrole nitrogens is 1. The van der Waals surface area contributed by atoms with Crippen molar-refractivity contribution in [3.05, 3.63) is 94.7 Å². The average Bonchev–Trinajstić information content (AvgIpc) is 3.28. The van der Waals surface area contributed by atoms with Gasteiger partial charge < -0.3 is 14.8 Å². The molecule has 0 unspecified atom stereocenters. The summed E-state index contributed by atoms with van der Waals surface area (Å²) in [4.78, 5) is 15.8. The molecule has 0 aliphatic heterocycles. The van der Waals surface area contributed by atoms with Crippen LogP contribution < -0.4 is 10.2 Å². The predicted octanol–water partition coefficient (Wildman–Crippen LogP) is 7.13. The first-order chi connectivity index (χ1) is 18.4. The Kier molecular flexibility index (Phi) is 8.14. The summed E-state index contributed by atoms with van der Waals surface area (Å²) in [5.74, 6) is 0.948. The summed E-state index contributed by atoms with van der Waals surface area (Å²) in [5, 5.41) is 16.1. The lowest BCUT2D eigenvalue weighted by atomic mass is 9.78. The SMILES string of the molecule is CC(C)(C)c1cc(CCC(=O)N/N=C\c2c[nH]c3ccc(OCc4ccccc4)cc23)cc(C(C)(C)C)c1O. The highest BCUT2D eigenvalue weighted by Crippen LogP contribution is 2.40. The molecule has 0 fully saturated rings. The van der Waals surface area contributed by atoms with E-state index in [0.29, 0.717) is 25.2 Å². The molecule has 6 nitrogen and oxygen atoms in total. The molecule has 204 valence electrons. The van der Waals surface area contributed by atoms with Crippen molar-refractivity contribution in [2.75, 3.05) is 0 Å². The first-order valence-corrected chi connectivity index (χ1v) is 13.4. The van der Waals surface area contributed by atoms with Crippen LogP contribution in [-0.4, -0.2) is 22.2 Å². The molecule has 0 bridgehead atoms. The number of nitrogens with zero attached hydrogens (tertiary/aromatic N) is 1. The minimum absolute atomic E-state index is 0.166. The summed E-state index contributed by atoms with van der Waals surface area (Å²) in [5.41, 5.74) is 7.99. The maximum Gasteiger partial charge on any atom is 0.240 e. The molecular formula is C33H39N3O3. The Balaban J connectivity index is 1.40. The van der Waals surface area contributed by atoms with Gasteiger partial charge in [0, 0.05) is 29.1 Å². The second-order valence-electron chi connectivity index (χ2n) is 12.1. The van der Waals surface area contributed by atoms with Crippen LogP contribution in [0, 0.1) is 0 Å². The molecule has 0 atom stereocenters. The molecule has 0 aliphatic rings. The number of aryl methyl sites for hydroxylation is 1. The number of ether oxygens (including phenoxy) is 1. The van der Waals surface area contributed by atoms with Crippen molar-refractivity contribution < 1.29 is 14.6 Å². The molecule has 3 N–H and O–H groups in total. The molecule has 0 spiro atoms. The highest BCUT2D eigenvalue weighted by Gasteiger charge is 2.26. The predicted molar refractivity (Wildman–Crippen MR) is 159 cm³/mol. The van der Waals surface area contributed by atoms with E-state index in [0.717, 1.165) is 44.5 Å². The Labute approximate surface area is 231 Å². The maximum absolute atomic E-state index is 12.6. The molecule has 0 aliphatic carbocycles. The van der Waals surface area contributed by atoms with Crippen molar-refractivity contribution in [2.24, 2.45) is 5.10 Å². The van der Waals surface area contributed by atoms with E-state index < -0.39 is 0 Å². The van der Waals surface area contributed by atoms with Gasteiger partial charge in [-0.15, -0.1) is 0 Å². The first kappa shape index (κ1) is 28.0. The fourth-order valence-corrected chi connectivity index (χ4v) is 4.53. The minimum atomic E-state index is -0.210. The van der Waals surface area contributed by atoms with Crippen molar-refractivity contribution in [2.45, 2.75) is 71.8 Å². The van der Waals surface area contributed by atoms with E-state index in [2.05, 4.69) is 57.1 Å². The second kappa shape index (κ2) is 11.4. The van der Waals surface area contributed by atoms with Crippen molar-refractivity contribution in [3.8, 4) is 11.5 Å². The minimum Gasteiger partial charge on any atom is -0.507 e. The van der Waals surface area contributed by atoms with Crippen LogP contribution in [0.4, 0.5) is 0 Å². The zero-order valence-corrected chi connectivity index (χ0v) is 23.8. The lowest BCUT2D eigenvalue weighted by Gasteiger charge is -2.28. The van der Waals surface area contributed by atoms with Crippen LogP contribution in [0.15, 0.2) is 72.0 Å². The monoisotopic (exact) mass is 525 g/mol. The van der Waals surface area contributed by atoms with Gasteiger partial charge in [-0.1, -0.05) is 84.0 Å². The van der Waals surface area contributed by atoms with Gasteiger partial charge in [0.1, 0.15) is 18.1 Å². The number of rotatable bonds is 8. The van der Waals surface area contributed by atoms with Crippen LogP contribution in [-0.2, 0) is 28.7 Å². The van der Waals surface area contributed by atoms with Crippen molar-refractivity contribution in [1.82, 2.24) is 10.4 Å². The van der Waals surface area contributed by atoms with Crippen LogP contribution in [0.25, 0.3) is 10.9 Å². The lowest BCUT2D eigenvalue weighted by molar-refractivity contribution is -0.121. The Hall–Kier alpha value is -4.06. The third-order valence-corrected chi connectivity index (χ3v) is 6.75. The molecule has 0 radical (unpaired) electrons. The molecule has 0 saturated heterocycles. The Morgan fingerprint density at radius 3 is 2.26 bits per heavy atom. The summed E-state index contributed by atoms with van der Waals surface area (Å²) in [6, 6.07) is 20.0. The number of hydrazone groups is 1. The Bertz CT molecular complexity index is 1440. The Morgan fingerprint density at radius 1 is 0.949 bits per heavy atom. The summed E-state index contributed by atoms with van der Waals surface area (Å²) < 4.78 is 5.96. The number of fused-ring (bicyclic) bond motifs is 1. The number of aromatic amines is 1. The number of benzene rings is 3. The maximum atomic E-state index is 12.6. The van der Waals surface area contributed by atoms with Gasteiger partial charge in [0.25, 0.3) is 0 Å². The fourth-order valence-electron chi connectivity index (χ4n) is 4.53. The number of aromatic nitrogens is 1. The average molecular weight is 526 g/mol. The van der Waals surface area contributed by atoms with Crippen molar-refractivity contribution >= 4 is 23.0 Å². The summed E-state index contributed by atoms with van der Waals surface area (Å²) in [6.45, 7) is 13.0. The largest absolute Gasteiger partial charge is 0.507 e. The molecule has 4 aromatic rings. The standard InChI is InChI=1S/C33H39N3O3/c1-32(2,3)27-16-23(17-28(31(27)38)33(4,5)6)12-15-30(37)36-35-20-24-19-34-29-14-13-25(18-26(24)29)39-21-22-10-8-7-9-11-22/h7-11,13-14,16-20,34,38H,12,15,21H2,1-6H3,(H,36,37)/b35-20-. The number of phenols is 1. The summed E-state index contributed by atoms with van der Waals surface area (Å²) >= 11 is 0. The van der Waals surface area contributed by atoms with Gasteiger partial charge in [-0.2, -0.15) is 5.10 Å². The zero-order valence-electron chi connectivity index (χ0n) is 23.8. The number of nitrogens with one attached hydrogen (secondary N) is 2. The number of aromatic hydroxyl groups is 1. The van der Waals surface area contributed by atoms with Gasteiger partial charge in [-0.05, 0) is 57.7 Å². The van der Waals surface area contributed by atoms with E-state index in [1.54, 1.807) is 6.21 Å². The van der Waals surface area contributed by atoms with Gasteiger partial charge in [-0.25, -0.2) is 5.43 Å². The topological polar surface area (TPSA) is 86.7 Å². The van der Waals surface area contributed by atoms with Crippen molar-refractivity contribution in [3.63, 3.8) is 0 Å². The van der Waals surface area contributed by atoms with E-state index in [1.165, 1.54) is 0 Å². The second-order valence-corrected chi connectivity index (χ2v) is 12.1. The number of carbonyl (C=O) groups is 1. The number of hydrogen-bond acceptors (Lipinski definition) is 4. The molecule has 4 rings (SSSR count). The van der Waals surface area contributed by atoms with E-state index in [1.807, 2.05) is 66.9 Å². The molecule has 1 aromatic heterocycles. The molecular weight excluding hydrogens is 486 g/mol. The normalized spacial score (nSPS) is 12.3. The van der Waals surface area contributed by atoms with E-state index >= 15 is 0 Å². The van der Waals surface area contributed by atoms with Gasteiger partial charge in [0.15, 0.2) is 0 Å². The molecule has 6 heteroatoms. The van der Waals surface area contributed by atoms with Gasteiger partial charge in [0.05, 0.1) is 6.21 Å². The number of carbonyl (C=O) groups excluding carboxylic acids is 1. The van der Waals surface area contributed by atoms with Gasteiger partial charge in [0.2, 0.25) is 5.91 Å². The molecule has 1 heterocycles.